The summed E-state index contributed by atoms with van der Waals surface area (Å²) in [6.07, 6.45) is 2.86. The molecule has 0 heterocycles. The van der Waals surface area contributed by atoms with Gasteiger partial charge in [-0.15, -0.1) is 0 Å². The lowest BCUT2D eigenvalue weighted by Gasteiger charge is -2.16. The minimum absolute atomic E-state index is 0.00368. The van der Waals surface area contributed by atoms with E-state index in [2.05, 4.69) is 21.8 Å². The summed E-state index contributed by atoms with van der Waals surface area (Å²) in [6.45, 7) is 8.84. The number of anilines is 1. The number of hydrogen-bond donors (Lipinski definition) is 2. The van der Waals surface area contributed by atoms with E-state index in [1.807, 2.05) is 42.5 Å². The van der Waals surface area contributed by atoms with Crippen LogP contribution in [0.25, 0.3) is 0 Å². The number of carbonyl (C=O) groups is 1. The summed E-state index contributed by atoms with van der Waals surface area (Å²) in [5, 5.41) is 4.27. The van der Waals surface area contributed by atoms with Crippen LogP contribution >= 0.6 is 0 Å². The highest BCUT2D eigenvalue weighted by Gasteiger charge is 2.24. The predicted molar refractivity (Wildman–Crippen MR) is 148 cm³/mol. The quantitative estimate of drug-likeness (QED) is 0.137. The van der Waals surface area contributed by atoms with Crippen molar-refractivity contribution in [3.05, 3.63) is 121 Å². The van der Waals surface area contributed by atoms with Crippen molar-refractivity contribution in [2.24, 2.45) is 5.10 Å². The number of allylic oxidation sites excluding steroid dienone is 4. The molecule has 0 fully saturated rings. The van der Waals surface area contributed by atoms with Crippen LogP contribution < -0.4 is 14.9 Å². The molecule has 0 saturated heterocycles. The molecule has 3 rings (SSSR count). The molecule has 0 aromatic heterocycles. The van der Waals surface area contributed by atoms with Gasteiger partial charge < -0.3 is 4.74 Å². The number of sulfonamides is 1. The molecular formula is C29H29N3O4S. The Morgan fingerprint density at radius 1 is 0.919 bits per heavy atom. The maximum atomic E-state index is 13.5. The molecule has 0 radical (unpaired) electrons. The van der Waals surface area contributed by atoms with E-state index in [9.17, 15) is 13.2 Å². The van der Waals surface area contributed by atoms with Crippen molar-refractivity contribution in [2.45, 2.75) is 25.7 Å². The minimum Gasteiger partial charge on any atom is -0.455 e. The van der Waals surface area contributed by atoms with Crippen molar-refractivity contribution in [1.82, 2.24) is 4.72 Å². The third-order valence-corrected chi connectivity index (χ3v) is 6.55. The van der Waals surface area contributed by atoms with Crippen molar-refractivity contribution in [2.75, 3.05) is 5.43 Å². The van der Waals surface area contributed by atoms with Crippen molar-refractivity contribution in [1.29, 1.82) is 0 Å². The first-order chi connectivity index (χ1) is 17.8. The molecule has 0 bridgehead atoms. The number of benzene rings is 3. The first kappa shape index (κ1) is 27.2. The number of para-hydroxylation sites is 3. The summed E-state index contributed by atoms with van der Waals surface area (Å²) < 4.78 is 34.3. The minimum atomic E-state index is -3.91. The van der Waals surface area contributed by atoms with Crippen LogP contribution in [0.3, 0.4) is 0 Å². The summed E-state index contributed by atoms with van der Waals surface area (Å²) in [5.41, 5.74) is 4.35. The predicted octanol–water partition coefficient (Wildman–Crippen LogP) is 6.22. The van der Waals surface area contributed by atoms with Crippen molar-refractivity contribution >= 4 is 27.2 Å². The van der Waals surface area contributed by atoms with Gasteiger partial charge in [-0.1, -0.05) is 66.8 Å². The average Bonchev–Trinajstić information content (AvgIpc) is 2.90. The van der Waals surface area contributed by atoms with Crippen molar-refractivity contribution in [3.8, 4) is 11.5 Å². The zero-order valence-corrected chi connectivity index (χ0v) is 21.7. The number of nitrogens with zero attached hydrogens (tertiary/aromatic N) is 1. The fourth-order valence-electron chi connectivity index (χ4n) is 3.38. The van der Waals surface area contributed by atoms with Crippen LogP contribution in [-0.2, 0) is 14.8 Å². The van der Waals surface area contributed by atoms with Crippen molar-refractivity contribution in [3.63, 3.8) is 0 Å². The monoisotopic (exact) mass is 515 g/mol. The van der Waals surface area contributed by atoms with E-state index in [4.69, 9.17) is 4.74 Å². The van der Waals surface area contributed by atoms with Crippen LogP contribution in [0.4, 0.5) is 5.69 Å². The lowest BCUT2D eigenvalue weighted by Crippen LogP contribution is -2.29. The summed E-state index contributed by atoms with van der Waals surface area (Å²) in [4.78, 5) is 13.6. The molecule has 0 amide bonds. The van der Waals surface area contributed by atoms with E-state index in [0.29, 0.717) is 22.8 Å². The summed E-state index contributed by atoms with van der Waals surface area (Å²) in [7, 11) is -3.91. The number of ether oxygens (including phenoxy) is 1. The molecule has 37 heavy (non-hydrogen) atoms. The lowest BCUT2D eigenvalue weighted by atomic mass is 9.99. The number of hydrazone groups is 1. The van der Waals surface area contributed by atoms with Gasteiger partial charge in [-0.2, -0.15) is 5.10 Å². The van der Waals surface area contributed by atoms with Gasteiger partial charge in [0.15, 0.2) is 5.75 Å². The lowest BCUT2D eigenvalue weighted by molar-refractivity contribution is -0.109. The van der Waals surface area contributed by atoms with Crippen LogP contribution in [0, 0.1) is 0 Å². The molecule has 0 atom stereocenters. The molecule has 0 aliphatic rings. The highest BCUT2D eigenvalue weighted by molar-refractivity contribution is 7.89. The van der Waals surface area contributed by atoms with Gasteiger partial charge in [0.25, 0.3) is 10.0 Å². The molecule has 3 aromatic carbocycles. The second kappa shape index (κ2) is 12.5. The van der Waals surface area contributed by atoms with E-state index >= 15 is 0 Å². The fraction of sp³-hybridized carbons (Fsp3) is 0.103. The van der Waals surface area contributed by atoms with Crippen LogP contribution in [0.1, 0.15) is 20.8 Å². The first-order valence-corrected chi connectivity index (χ1v) is 13.0. The fourth-order valence-corrected chi connectivity index (χ4v) is 4.52. The second-order valence-corrected chi connectivity index (χ2v) is 9.73. The Kier molecular flexibility index (Phi) is 9.18. The van der Waals surface area contributed by atoms with Gasteiger partial charge in [0.2, 0.25) is 5.78 Å². The molecule has 0 unspecified atom stereocenters. The molecule has 0 aliphatic heterocycles. The highest BCUT2D eigenvalue weighted by atomic mass is 32.2. The molecule has 190 valence electrons. The van der Waals surface area contributed by atoms with Gasteiger partial charge in [0, 0.05) is 5.57 Å². The van der Waals surface area contributed by atoms with Gasteiger partial charge in [-0.05, 0) is 63.2 Å². The SMILES string of the molecule is C=CC(=NNc1ccccc1Oc1ccccc1)C(=O)C(=C(C)C)/C(=C\C)NS(=O)(=O)c1ccccc1. The molecule has 8 heteroatoms. The zero-order chi connectivity index (χ0) is 26.8. The van der Waals surface area contributed by atoms with Gasteiger partial charge >= 0.3 is 0 Å². The van der Waals surface area contributed by atoms with E-state index in [0.717, 1.165) is 0 Å². The van der Waals surface area contributed by atoms with Gasteiger partial charge in [0.1, 0.15) is 11.5 Å². The normalized spacial score (nSPS) is 11.9. The Hall–Kier alpha value is -4.43. The highest BCUT2D eigenvalue weighted by Crippen LogP contribution is 2.29. The van der Waals surface area contributed by atoms with E-state index in [1.54, 1.807) is 51.1 Å². The Bertz CT molecular complexity index is 1460. The summed E-state index contributed by atoms with van der Waals surface area (Å²) in [5.74, 6) is 0.671. The first-order valence-electron chi connectivity index (χ1n) is 11.5. The van der Waals surface area contributed by atoms with Crippen LogP contribution in [-0.4, -0.2) is 19.9 Å². The molecule has 3 aromatic rings. The Morgan fingerprint density at radius 3 is 2.11 bits per heavy atom. The number of ketones is 1. The number of rotatable bonds is 11. The Morgan fingerprint density at radius 2 is 1.51 bits per heavy atom. The van der Waals surface area contributed by atoms with E-state index < -0.39 is 15.8 Å². The van der Waals surface area contributed by atoms with Crippen LogP contribution in [0.15, 0.2) is 131 Å². The Balaban J connectivity index is 1.88. The van der Waals surface area contributed by atoms with Gasteiger partial charge in [-0.3, -0.25) is 14.9 Å². The maximum Gasteiger partial charge on any atom is 0.261 e. The van der Waals surface area contributed by atoms with Crippen LogP contribution in [0.5, 0.6) is 11.5 Å². The molecule has 7 nitrogen and oxygen atoms in total. The zero-order valence-electron chi connectivity index (χ0n) is 20.9. The van der Waals surface area contributed by atoms with Crippen molar-refractivity contribution < 1.29 is 17.9 Å². The number of nitrogens with one attached hydrogen (secondary N) is 2. The second-order valence-electron chi connectivity index (χ2n) is 8.05. The van der Waals surface area contributed by atoms with E-state index in [-0.39, 0.29) is 21.9 Å². The summed E-state index contributed by atoms with van der Waals surface area (Å²) >= 11 is 0. The van der Waals surface area contributed by atoms with Crippen LogP contribution in [0.2, 0.25) is 0 Å². The summed E-state index contributed by atoms with van der Waals surface area (Å²) in [6, 6.07) is 24.4. The van der Waals surface area contributed by atoms with Gasteiger partial charge in [0.05, 0.1) is 16.3 Å². The smallest absolute Gasteiger partial charge is 0.261 e. The standard InChI is InChI=1S/C29H29N3O4S/c1-5-24(32-37(34,35)23-17-11-8-12-18-23)28(21(3)4)29(33)25(6-2)30-31-26-19-13-14-20-27(26)36-22-15-9-7-10-16-22/h5-20,31-32H,2H2,1,3-4H3/b24-5+,30-25?. The number of carbonyl (C=O) groups excluding carboxylic acids is 1. The molecule has 0 aliphatic carbocycles. The van der Waals surface area contributed by atoms with Gasteiger partial charge in [-0.25, -0.2) is 8.42 Å². The van der Waals surface area contributed by atoms with E-state index in [1.165, 1.54) is 24.3 Å². The third kappa shape index (κ3) is 7.05. The molecule has 2 N–H and O–H groups in total. The third-order valence-electron chi connectivity index (χ3n) is 5.16. The Labute approximate surface area is 217 Å². The molecule has 0 saturated carbocycles. The molecular weight excluding hydrogens is 486 g/mol. The topological polar surface area (TPSA) is 96.9 Å². The molecule has 0 spiro atoms. The number of Topliss-reactive ketones (excluding diaryl/α,β-unsaturated/α-hetero) is 1. The number of hydrogen-bond acceptors (Lipinski definition) is 6. The average molecular weight is 516 g/mol. The largest absolute Gasteiger partial charge is 0.455 e. The maximum absolute atomic E-state index is 13.5.